The highest BCUT2D eigenvalue weighted by Gasteiger charge is 2.42. The Morgan fingerprint density at radius 3 is 2.81 bits per heavy atom. The second kappa shape index (κ2) is 5.01. The topological polar surface area (TPSA) is 89.3 Å². The fourth-order valence-electron chi connectivity index (χ4n) is 2.75. The fraction of sp³-hybridized carbons (Fsp3) is 0.692. The molecule has 21 heavy (non-hydrogen) atoms. The van der Waals surface area contributed by atoms with E-state index in [1.807, 2.05) is 13.0 Å². The molecule has 6 nitrogen and oxygen atoms in total. The molecular formula is C13H18N2O4S2. The summed E-state index contributed by atoms with van der Waals surface area (Å²) in [5, 5.41) is 14.2. The first-order chi connectivity index (χ1) is 9.79. The highest BCUT2D eigenvalue weighted by Crippen LogP contribution is 2.42. The first kappa shape index (κ1) is 14.9. The number of aromatic nitrogens is 2. The zero-order valence-electron chi connectivity index (χ0n) is 11.8. The average Bonchev–Trinajstić information content (AvgIpc) is 3.06. The highest BCUT2D eigenvalue weighted by atomic mass is 32.2. The van der Waals surface area contributed by atoms with Crippen LogP contribution in [0.1, 0.15) is 37.8 Å². The van der Waals surface area contributed by atoms with E-state index in [4.69, 9.17) is 5.11 Å². The van der Waals surface area contributed by atoms with Gasteiger partial charge in [0.15, 0.2) is 9.84 Å². The first-order valence-electron chi connectivity index (χ1n) is 6.95. The minimum atomic E-state index is -3.03. The van der Waals surface area contributed by atoms with Gasteiger partial charge in [0.25, 0.3) is 0 Å². The van der Waals surface area contributed by atoms with Gasteiger partial charge < -0.3 is 5.11 Å². The lowest BCUT2D eigenvalue weighted by atomic mass is 10.0. The first-order valence-corrected chi connectivity index (χ1v) is 9.75. The van der Waals surface area contributed by atoms with Gasteiger partial charge in [-0.2, -0.15) is 5.10 Å². The van der Waals surface area contributed by atoms with E-state index in [9.17, 15) is 13.2 Å². The molecule has 3 rings (SSSR count). The Hall–Kier alpha value is -1.02. The van der Waals surface area contributed by atoms with Gasteiger partial charge in [-0.3, -0.25) is 9.48 Å². The van der Waals surface area contributed by atoms with Gasteiger partial charge in [0.2, 0.25) is 0 Å². The summed E-state index contributed by atoms with van der Waals surface area (Å²) in [7, 11) is -3.03. The summed E-state index contributed by atoms with van der Waals surface area (Å²) in [6, 6.07) is 1.93. The molecule has 0 radical (unpaired) electrons. The number of nitrogens with zero attached hydrogens (tertiary/aromatic N) is 2. The van der Waals surface area contributed by atoms with Crippen molar-refractivity contribution in [2.24, 2.45) is 0 Å². The number of thioether (sulfide) groups is 1. The minimum Gasteiger partial charge on any atom is -0.481 e. The molecule has 0 spiro atoms. The monoisotopic (exact) mass is 330 g/mol. The minimum absolute atomic E-state index is 0.0430. The number of hydrogen-bond acceptors (Lipinski definition) is 5. The number of hydrogen-bond donors (Lipinski definition) is 1. The molecule has 1 aliphatic carbocycles. The van der Waals surface area contributed by atoms with Crippen LogP contribution in [0.4, 0.5) is 0 Å². The molecule has 0 bridgehead atoms. The van der Waals surface area contributed by atoms with Gasteiger partial charge in [0.1, 0.15) is 0 Å². The third-order valence-corrected chi connectivity index (χ3v) is 6.89. The summed E-state index contributed by atoms with van der Waals surface area (Å²) in [5.74, 6) is -0.224. The predicted octanol–water partition coefficient (Wildman–Crippen LogP) is 1.47. The third kappa shape index (κ3) is 3.11. The quantitative estimate of drug-likeness (QED) is 0.822. The van der Waals surface area contributed by atoms with Crippen molar-refractivity contribution in [1.82, 2.24) is 9.78 Å². The van der Waals surface area contributed by atoms with E-state index in [0.29, 0.717) is 12.3 Å². The molecule has 2 aliphatic rings. The van der Waals surface area contributed by atoms with Gasteiger partial charge in [-0.15, -0.1) is 0 Å². The van der Waals surface area contributed by atoms with Crippen LogP contribution < -0.4 is 0 Å². The zero-order valence-corrected chi connectivity index (χ0v) is 13.4. The maximum absolute atomic E-state index is 11.8. The van der Waals surface area contributed by atoms with Gasteiger partial charge >= 0.3 is 5.97 Å². The second-order valence-electron chi connectivity index (χ2n) is 6.11. The Labute approximate surface area is 127 Å². The molecule has 2 fully saturated rings. The maximum atomic E-state index is 11.8. The molecule has 1 atom stereocenters. The fourth-order valence-corrected chi connectivity index (χ4v) is 5.71. The zero-order chi connectivity index (χ0) is 15.3. The van der Waals surface area contributed by atoms with Crippen LogP contribution in [0.2, 0.25) is 0 Å². The molecular weight excluding hydrogens is 312 g/mol. The largest absolute Gasteiger partial charge is 0.481 e. The van der Waals surface area contributed by atoms with Crippen molar-refractivity contribution in [1.29, 1.82) is 0 Å². The van der Waals surface area contributed by atoms with Crippen molar-refractivity contribution in [2.75, 3.05) is 17.3 Å². The molecule has 1 aromatic heterocycles. The van der Waals surface area contributed by atoms with Crippen molar-refractivity contribution in [3.63, 3.8) is 0 Å². The van der Waals surface area contributed by atoms with Gasteiger partial charge in [-0.05, 0) is 32.3 Å². The summed E-state index contributed by atoms with van der Waals surface area (Å²) in [4.78, 5) is 10.8. The number of carboxylic acid groups (broad SMARTS) is 1. The number of aliphatic carboxylic acids is 1. The lowest BCUT2D eigenvalue weighted by Gasteiger charge is -2.25. The van der Waals surface area contributed by atoms with Crippen LogP contribution in [0.5, 0.6) is 0 Å². The molecule has 2 heterocycles. The second-order valence-corrected chi connectivity index (χ2v) is 9.29. The molecule has 116 valence electrons. The molecule has 1 saturated heterocycles. The van der Waals surface area contributed by atoms with Crippen molar-refractivity contribution in [3.05, 3.63) is 11.8 Å². The van der Waals surface area contributed by atoms with Crippen LogP contribution in [0, 0.1) is 0 Å². The summed E-state index contributed by atoms with van der Waals surface area (Å²) in [6.07, 6.45) is 2.74. The molecule has 1 aromatic rings. The van der Waals surface area contributed by atoms with E-state index in [0.717, 1.165) is 23.6 Å². The Kier molecular flexibility index (Phi) is 3.56. The van der Waals surface area contributed by atoms with E-state index < -0.39 is 21.3 Å². The Balaban J connectivity index is 1.93. The molecule has 8 heteroatoms. The van der Waals surface area contributed by atoms with Crippen molar-refractivity contribution in [2.45, 2.75) is 42.7 Å². The molecule has 1 saturated carbocycles. The van der Waals surface area contributed by atoms with Crippen molar-refractivity contribution < 1.29 is 18.3 Å². The Morgan fingerprint density at radius 2 is 2.29 bits per heavy atom. The van der Waals surface area contributed by atoms with Gasteiger partial charge in [-0.25, -0.2) is 8.42 Å². The Morgan fingerprint density at radius 1 is 1.57 bits per heavy atom. The number of sulfone groups is 1. The van der Waals surface area contributed by atoms with E-state index >= 15 is 0 Å². The van der Waals surface area contributed by atoms with Crippen LogP contribution in [0.3, 0.4) is 0 Å². The molecule has 1 aliphatic heterocycles. The van der Waals surface area contributed by atoms with Gasteiger partial charge in [0, 0.05) is 5.92 Å². The van der Waals surface area contributed by atoms with Crippen molar-refractivity contribution >= 4 is 27.6 Å². The van der Waals surface area contributed by atoms with Gasteiger partial charge in [0.05, 0.1) is 33.5 Å². The lowest BCUT2D eigenvalue weighted by Crippen LogP contribution is -2.33. The maximum Gasteiger partial charge on any atom is 0.313 e. The Bertz CT molecular complexity index is 678. The van der Waals surface area contributed by atoms with E-state index in [1.165, 1.54) is 11.8 Å². The summed E-state index contributed by atoms with van der Waals surface area (Å²) in [6.45, 7) is 1.89. The van der Waals surface area contributed by atoms with Crippen LogP contribution >= 0.6 is 11.8 Å². The standard InChI is InChI=1S/C13H18N2O4S2/c1-13(4-5-21(18,19)8-13)15-11(20-7-12(16)17)6-10(14-15)9-2-3-9/h6,9H,2-5,7-8H2,1H3,(H,16,17). The van der Waals surface area contributed by atoms with E-state index in [2.05, 4.69) is 5.10 Å². The SMILES string of the molecule is CC1(n2nc(C3CC3)cc2SCC(=O)O)CCS(=O)(=O)C1. The molecule has 0 amide bonds. The average molecular weight is 330 g/mol. The lowest BCUT2D eigenvalue weighted by molar-refractivity contribution is -0.133. The normalized spacial score (nSPS) is 27.9. The van der Waals surface area contributed by atoms with Crippen molar-refractivity contribution in [3.8, 4) is 0 Å². The summed E-state index contributed by atoms with van der Waals surface area (Å²) >= 11 is 1.21. The number of carbonyl (C=O) groups is 1. The summed E-state index contributed by atoms with van der Waals surface area (Å²) < 4.78 is 25.4. The van der Waals surface area contributed by atoms with Crippen LogP contribution in [0.15, 0.2) is 11.1 Å². The number of carboxylic acids is 1. The number of rotatable bonds is 5. The molecule has 1 N–H and O–H groups in total. The smallest absolute Gasteiger partial charge is 0.313 e. The van der Waals surface area contributed by atoms with Crippen LogP contribution in [0.25, 0.3) is 0 Å². The third-order valence-electron chi connectivity index (χ3n) is 4.03. The van der Waals surface area contributed by atoms with Gasteiger partial charge in [-0.1, -0.05) is 11.8 Å². The van der Waals surface area contributed by atoms with Crippen LogP contribution in [-0.4, -0.2) is 46.5 Å². The highest BCUT2D eigenvalue weighted by molar-refractivity contribution is 7.99. The van der Waals surface area contributed by atoms with E-state index in [1.54, 1.807) is 4.68 Å². The molecule has 0 aromatic carbocycles. The van der Waals surface area contributed by atoms with E-state index in [-0.39, 0.29) is 17.3 Å². The summed E-state index contributed by atoms with van der Waals surface area (Å²) in [5.41, 5.74) is 0.403. The van der Waals surface area contributed by atoms with Crippen LogP contribution in [-0.2, 0) is 20.2 Å². The molecule has 1 unspecified atom stereocenters. The predicted molar refractivity (Wildman–Crippen MR) is 79.5 cm³/mol.